The maximum absolute atomic E-state index is 11.5. The van der Waals surface area contributed by atoms with Crippen LogP contribution in [0.5, 0.6) is 11.5 Å². The Morgan fingerprint density at radius 2 is 1.79 bits per heavy atom. The highest BCUT2D eigenvalue weighted by molar-refractivity contribution is 5.87. The molecule has 104 valence electrons. The van der Waals surface area contributed by atoms with Crippen molar-refractivity contribution in [1.82, 2.24) is 0 Å². The van der Waals surface area contributed by atoms with Gasteiger partial charge in [0.15, 0.2) is 0 Å². The standard InChI is InChI=1S/C14H19NO4/c1-15(2)10-8-11(18-3)9(7-12(10)19-4)14(5-6-14)13(16)17/h7-8H,5-6H2,1-4H3,(H,16,17). The van der Waals surface area contributed by atoms with Crippen LogP contribution < -0.4 is 14.4 Å². The van der Waals surface area contributed by atoms with E-state index in [9.17, 15) is 9.90 Å². The lowest BCUT2D eigenvalue weighted by Gasteiger charge is -2.22. The predicted molar refractivity (Wildman–Crippen MR) is 72.4 cm³/mol. The van der Waals surface area contributed by atoms with Crippen LogP contribution in [0.15, 0.2) is 12.1 Å². The first-order valence-electron chi connectivity index (χ1n) is 6.13. The number of nitrogens with zero attached hydrogens (tertiary/aromatic N) is 1. The summed E-state index contributed by atoms with van der Waals surface area (Å²) < 4.78 is 10.7. The van der Waals surface area contributed by atoms with Crippen molar-refractivity contribution in [2.24, 2.45) is 0 Å². The van der Waals surface area contributed by atoms with E-state index in [1.54, 1.807) is 20.3 Å². The van der Waals surface area contributed by atoms with Gasteiger partial charge in [-0.2, -0.15) is 0 Å². The highest BCUT2D eigenvalue weighted by Crippen LogP contribution is 2.53. The third-order valence-electron chi connectivity index (χ3n) is 3.66. The van der Waals surface area contributed by atoms with Gasteiger partial charge in [-0.3, -0.25) is 4.79 Å². The fraction of sp³-hybridized carbons (Fsp3) is 0.500. The van der Waals surface area contributed by atoms with Crippen LogP contribution in [0, 0.1) is 0 Å². The summed E-state index contributed by atoms with van der Waals surface area (Å²) in [6.45, 7) is 0. The molecule has 5 nitrogen and oxygen atoms in total. The Morgan fingerprint density at radius 1 is 1.21 bits per heavy atom. The molecule has 1 saturated carbocycles. The maximum Gasteiger partial charge on any atom is 0.314 e. The molecule has 0 amide bonds. The Morgan fingerprint density at radius 3 is 2.16 bits per heavy atom. The Labute approximate surface area is 112 Å². The van der Waals surface area contributed by atoms with E-state index in [0.29, 0.717) is 29.9 Å². The van der Waals surface area contributed by atoms with Crippen molar-refractivity contribution in [3.05, 3.63) is 17.7 Å². The second kappa shape index (κ2) is 4.64. The topological polar surface area (TPSA) is 59.0 Å². The molecule has 0 unspecified atom stereocenters. The minimum atomic E-state index is -0.802. The van der Waals surface area contributed by atoms with Gasteiger partial charge in [-0.1, -0.05) is 0 Å². The molecule has 0 radical (unpaired) electrons. The van der Waals surface area contributed by atoms with E-state index in [-0.39, 0.29) is 0 Å². The zero-order chi connectivity index (χ0) is 14.2. The van der Waals surface area contributed by atoms with Gasteiger partial charge in [0.05, 0.1) is 25.3 Å². The zero-order valence-corrected chi connectivity index (χ0v) is 11.7. The molecule has 1 aromatic rings. The molecular formula is C14H19NO4. The highest BCUT2D eigenvalue weighted by Gasteiger charge is 2.53. The summed E-state index contributed by atoms with van der Waals surface area (Å²) in [6.07, 6.45) is 1.28. The third-order valence-corrected chi connectivity index (χ3v) is 3.66. The summed E-state index contributed by atoms with van der Waals surface area (Å²) in [7, 11) is 6.95. The van der Waals surface area contributed by atoms with Crippen molar-refractivity contribution >= 4 is 11.7 Å². The molecule has 0 aromatic heterocycles. The van der Waals surface area contributed by atoms with Gasteiger partial charge in [-0.25, -0.2) is 0 Å². The number of carboxylic acid groups (broad SMARTS) is 1. The highest BCUT2D eigenvalue weighted by atomic mass is 16.5. The van der Waals surface area contributed by atoms with Gasteiger partial charge in [0.1, 0.15) is 11.5 Å². The molecule has 0 bridgehead atoms. The average molecular weight is 265 g/mol. The van der Waals surface area contributed by atoms with E-state index in [1.165, 1.54) is 0 Å². The van der Waals surface area contributed by atoms with Crippen molar-refractivity contribution in [3.8, 4) is 11.5 Å². The molecule has 0 atom stereocenters. The number of hydrogen-bond acceptors (Lipinski definition) is 4. The third kappa shape index (κ3) is 2.09. The summed E-state index contributed by atoms with van der Waals surface area (Å²) >= 11 is 0. The van der Waals surface area contributed by atoms with Gasteiger partial charge in [0.25, 0.3) is 0 Å². The summed E-state index contributed by atoms with van der Waals surface area (Å²) in [5.41, 5.74) is 0.762. The zero-order valence-electron chi connectivity index (χ0n) is 11.7. The smallest absolute Gasteiger partial charge is 0.314 e. The fourth-order valence-electron chi connectivity index (χ4n) is 2.33. The molecule has 2 rings (SSSR count). The van der Waals surface area contributed by atoms with Crippen LogP contribution in [0.3, 0.4) is 0 Å². The molecule has 19 heavy (non-hydrogen) atoms. The monoisotopic (exact) mass is 265 g/mol. The molecule has 1 fully saturated rings. The van der Waals surface area contributed by atoms with Gasteiger partial charge >= 0.3 is 5.97 Å². The number of hydrogen-bond donors (Lipinski definition) is 1. The van der Waals surface area contributed by atoms with Crippen LogP contribution in [0.4, 0.5) is 5.69 Å². The maximum atomic E-state index is 11.5. The van der Waals surface area contributed by atoms with Crippen LogP contribution in [-0.4, -0.2) is 39.4 Å². The molecule has 1 N–H and O–H groups in total. The Hall–Kier alpha value is -1.91. The van der Waals surface area contributed by atoms with E-state index in [1.807, 2.05) is 25.1 Å². The molecule has 0 saturated heterocycles. The number of anilines is 1. The average Bonchev–Trinajstić information content (AvgIpc) is 3.18. The van der Waals surface area contributed by atoms with Crippen LogP contribution in [0.25, 0.3) is 0 Å². The summed E-state index contributed by atoms with van der Waals surface area (Å²) in [5.74, 6) is 0.461. The van der Waals surface area contributed by atoms with Gasteiger partial charge in [-0.05, 0) is 18.9 Å². The lowest BCUT2D eigenvalue weighted by Crippen LogP contribution is -2.21. The van der Waals surface area contributed by atoms with Gasteiger partial charge in [0.2, 0.25) is 0 Å². The number of carboxylic acids is 1. The van der Waals surface area contributed by atoms with Crippen molar-refractivity contribution in [2.45, 2.75) is 18.3 Å². The van der Waals surface area contributed by atoms with Gasteiger partial charge in [0, 0.05) is 25.7 Å². The lowest BCUT2D eigenvalue weighted by atomic mass is 9.94. The van der Waals surface area contributed by atoms with E-state index in [2.05, 4.69) is 0 Å². The van der Waals surface area contributed by atoms with E-state index in [0.717, 1.165) is 5.69 Å². The SMILES string of the molecule is COc1cc(C2(C(=O)O)CC2)c(OC)cc1N(C)C. The van der Waals surface area contributed by atoms with E-state index < -0.39 is 11.4 Å². The first kappa shape index (κ1) is 13.5. The Kier molecular flexibility index (Phi) is 3.30. The minimum Gasteiger partial charge on any atom is -0.496 e. The van der Waals surface area contributed by atoms with Crippen LogP contribution >= 0.6 is 0 Å². The number of rotatable bonds is 5. The molecule has 1 aliphatic rings. The molecular weight excluding hydrogens is 246 g/mol. The lowest BCUT2D eigenvalue weighted by molar-refractivity contribution is -0.140. The van der Waals surface area contributed by atoms with Crippen LogP contribution in [-0.2, 0) is 10.2 Å². The molecule has 0 aliphatic heterocycles. The number of aliphatic carboxylic acids is 1. The number of carbonyl (C=O) groups is 1. The number of methoxy groups -OCH3 is 2. The summed E-state index contributed by atoms with van der Waals surface area (Å²) in [4.78, 5) is 13.4. The molecule has 0 heterocycles. The van der Waals surface area contributed by atoms with Crippen molar-refractivity contribution in [1.29, 1.82) is 0 Å². The molecule has 5 heteroatoms. The second-order valence-corrected chi connectivity index (χ2v) is 5.01. The van der Waals surface area contributed by atoms with Gasteiger partial charge in [-0.15, -0.1) is 0 Å². The molecule has 1 aromatic carbocycles. The van der Waals surface area contributed by atoms with Crippen molar-refractivity contribution in [2.75, 3.05) is 33.2 Å². The molecule has 0 spiro atoms. The van der Waals surface area contributed by atoms with E-state index in [4.69, 9.17) is 9.47 Å². The summed E-state index contributed by atoms with van der Waals surface area (Å²) in [6, 6.07) is 3.62. The summed E-state index contributed by atoms with van der Waals surface area (Å²) in [5, 5.41) is 9.41. The number of ether oxygens (including phenoxy) is 2. The predicted octanol–water partition coefficient (Wildman–Crippen LogP) is 1.89. The van der Waals surface area contributed by atoms with Crippen molar-refractivity contribution < 1.29 is 19.4 Å². The Bertz CT molecular complexity index is 506. The van der Waals surface area contributed by atoms with Crippen LogP contribution in [0.2, 0.25) is 0 Å². The Balaban J connectivity index is 2.59. The first-order chi connectivity index (χ1) is 8.96. The normalized spacial score (nSPS) is 15.8. The quantitative estimate of drug-likeness (QED) is 0.881. The van der Waals surface area contributed by atoms with Gasteiger partial charge < -0.3 is 19.5 Å². The van der Waals surface area contributed by atoms with Crippen molar-refractivity contribution in [3.63, 3.8) is 0 Å². The largest absolute Gasteiger partial charge is 0.496 e. The fourth-order valence-corrected chi connectivity index (χ4v) is 2.33. The molecule has 1 aliphatic carbocycles. The van der Waals surface area contributed by atoms with E-state index >= 15 is 0 Å². The van der Waals surface area contributed by atoms with Crippen LogP contribution in [0.1, 0.15) is 18.4 Å². The first-order valence-corrected chi connectivity index (χ1v) is 6.13. The minimum absolute atomic E-state index is 0.601. The number of benzene rings is 1. The second-order valence-electron chi connectivity index (χ2n) is 5.01.